The van der Waals surface area contributed by atoms with Crippen LogP contribution in [0.4, 0.5) is 26.2 Å². The van der Waals surface area contributed by atoms with E-state index in [1.807, 2.05) is 12.1 Å². The van der Waals surface area contributed by atoms with Crippen LogP contribution in [0.2, 0.25) is 0 Å². The second kappa shape index (κ2) is 8.67. The molecule has 0 radical (unpaired) electrons. The van der Waals surface area contributed by atoms with Crippen molar-refractivity contribution in [2.24, 2.45) is 0 Å². The number of alkyl halides is 2. The SMILES string of the molecule is N#CCCN1C2CCC1CC(Nc1nc(Nc3cc(C(F)F)[nH]n3)cc3ncccc13)C2. The Kier molecular flexibility index (Phi) is 5.57. The Morgan fingerprint density at radius 2 is 2.03 bits per heavy atom. The van der Waals surface area contributed by atoms with Gasteiger partial charge in [0.05, 0.1) is 11.6 Å². The average Bonchev–Trinajstić information content (AvgIpc) is 3.34. The van der Waals surface area contributed by atoms with Crippen molar-refractivity contribution in [3.05, 3.63) is 36.2 Å². The molecule has 3 N–H and O–H groups in total. The Morgan fingerprint density at radius 3 is 2.75 bits per heavy atom. The van der Waals surface area contributed by atoms with Gasteiger partial charge in [0.2, 0.25) is 0 Å². The Balaban J connectivity index is 1.37. The lowest BCUT2D eigenvalue weighted by molar-refractivity contribution is 0.136. The van der Waals surface area contributed by atoms with E-state index in [0.29, 0.717) is 24.3 Å². The van der Waals surface area contributed by atoms with Crippen molar-refractivity contribution in [1.29, 1.82) is 5.26 Å². The Bertz CT molecular complexity index is 1130. The van der Waals surface area contributed by atoms with Crippen molar-refractivity contribution in [2.45, 2.75) is 56.7 Å². The summed E-state index contributed by atoms with van der Waals surface area (Å²) in [5.74, 6) is 1.48. The summed E-state index contributed by atoms with van der Waals surface area (Å²) in [6.45, 7) is 0.841. The van der Waals surface area contributed by atoms with Gasteiger partial charge in [-0.3, -0.25) is 15.0 Å². The molecule has 3 aromatic rings. The zero-order chi connectivity index (χ0) is 22.1. The largest absolute Gasteiger partial charge is 0.367 e. The predicted molar refractivity (Wildman–Crippen MR) is 117 cm³/mol. The molecule has 3 aromatic heterocycles. The maximum absolute atomic E-state index is 12.9. The van der Waals surface area contributed by atoms with Crippen molar-refractivity contribution >= 4 is 28.4 Å². The molecule has 2 atom stereocenters. The number of fused-ring (bicyclic) bond motifs is 3. The van der Waals surface area contributed by atoms with E-state index in [1.54, 1.807) is 12.3 Å². The van der Waals surface area contributed by atoms with Crippen LogP contribution in [0.15, 0.2) is 30.5 Å². The molecule has 0 saturated carbocycles. The molecule has 8 nitrogen and oxygen atoms in total. The maximum atomic E-state index is 12.9. The minimum absolute atomic E-state index is 0.247. The topological polar surface area (TPSA) is 106 Å². The third-order valence-corrected chi connectivity index (χ3v) is 6.40. The molecule has 2 aliphatic rings. The van der Waals surface area contributed by atoms with Gasteiger partial charge in [-0.15, -0.1) is 0 Å². The van der Waals surface area contributed by atoms with E-state index >= 15 is 0 Å². The van der Waals surface area contributed by atoms with Crippen LogP contribution >= 0.6 is 0 Å². The van der Waals surface area contributed by atoms with Crippen LogP contribution in [0, 0.1) is 11.3 Å². The fraction of sp³-hybridized carbons (Fsp3) is 0.455. The highest BCUT2D eigenvalue weighted by atomic mass is 19.3. The fourth-order valence-corrected chi connectivity index (χ4v) is 5.02. The minimum Gasteiger partial charge on any atom is -0.367 e. The lowest BCUT2D eigenvalue weighted by atomic mass is 9.97. The van der Waals surface area contributed by atoms with Crippen molar-refractivity contribution < 1.29 is 8.78 Å². The fourth-order valence-electron chi connectivity index (χ4n) is 5.02. The van der Waals surface area contributed by atoms with Crippen LogP contribution in [-0.4, -0.2) is 49.7 Å². The van der Waals surface area contributed by atoms with Gasteiger partial charge in [0, 0.05) is 54.8 Å². The van der Waals surface area contributed by atoms with Crippen molar-refractivity contribution in [3.8, 4) is 6.07 Å². The van der Waals surface area contributed by atoms with E-state index in [9.17, 15) is 8.78 Å². The van der Waals surface area contributed by atoms with E-state index in [0.717, 1.165) is 48.9 Å². The average molecular weight is 438 g/mol. The number of nitrogens with one attached hydrogen (secondary N) is 3. The number of hydrogen-bond donors (Lipinski definition) is 3. The van der Waals surface area contributed by atoms with Crippen LogP contribution < -0.4 is 10.6 Å². The number of halogens is 2. The van der Waals surface area contributed by atoms with E-state index < -0.39 is 6.43 Å². The van der Waals surface area contributed by atoms with Gasteiger partial charge in [0.15, 0.2) is 5.82 Å². The second-order valence-electron chi connectivity index (χ2n) is 8.40. The van der Waals surface area contributed by atoms with Crippen LogP contribution in [0.5, 0.6) is 0 Å². The first-order valence-electron chi connectivity index (χ1n) is 10.9. The summed E-state index contributed by atoms with van der Waals surface area (Å²) in [7, 11) is 0. The molecule has 0 spiro atoms. The van der Waals surface area contributed by atoms with Gasteiger partial charge in [0.25, 0.3) is 6.43 Å². The van der Waals surface area contributed by atoms with Crippen molar-refractivity contribution in [3.63, 3.8) is 0 Å². The van der Waals surface area contributed by atoms with E-state index in [-0.39, 0.29) is 17.6 Å². The number of anilines is 3. The van der Waals surface area contributed by atoms with Crippen LogP contribution in [-0.2, 0) is 0 Å². The first-order chi connectivity index (χ1) is 15.6. The van der Waals surface area contributed by atoms with Gasteiger partial charge in [0.1, 0.15) is 17.3 Å². The third-order valence-electron chi connectivity index (χ3n) is 6.40. The maximum Gasteiger partial charge on any atom is 0.279 e. The van der Waals surface area contributed by atoms with Crippen molar-refractivity contribution in [2.75, 3.05) is 17.2 Å². The highest BCUT2D eigenvalue weighted by Gasteiger charge is 2.40. The number of piperidine rings is 1. The monoisotopic (exact) mass is 438 g/mol. The standard InChI is InChI=1S/C22H24F2N8/c23-21(24)18-12-20(31-30-18)28-19-11-17-16(3-1-7-26-17)22(29-19)27-13-9-14-4-5-15(10-13)32(14)8-2-6-25/h1,3,7,11-15,21H,2,4-5,8-10H2,(H3,27,28,29,30,31). The first kappa shape index (κ1) is 20.6. The van der Waals surface area contributed by atoms with E-state index in [4.69, 9.17) is 10.2 Å². The highest BCUT2D eigenvalue weighted by molar-refractivity contribution is 5.91. The quantitative estimate of drug-likeness (QED) is 0.503. The molecule has 32 heavy (non-hydrogen) atoms. The normalized spacial score (nSPS) is 22.9. The molecular weight excluding hydrogens is 414 g/mol. The third kappa shape index (κ3) is 4.08. The van der Waals surface area contributed by atoms with Crippen molar-refractivity contribution in [1.82, 2.24) is 25.1 Å². The molecule has 2 aliphatic heterocycles. The summed E-state index contributed by atoms with van der Waals surface area (Å²) in [5, 5.41) is 22.7. The molecule has 10 heteroatoms. The van der Waals surface area contributed by atoms with Gasteiger partial charge in [-0.25, -0.2) is 13.8 Å². The first-order valence-corrected chi connectivity index (χ1v) is 10.9. The Hall–Kier alpha value is -3.32. The van der Waals surface area contributed by atoms with Gasteiger partial charge >= 0.3 is 0 Å². The predicted octanol–water partition coefficient (Wildman–Crippen LogP) is 4.36. The number of nitriles is 1. The zero-order valence-electron chi connectivity index (χ0n) is 17.4. The molecule has 5 heterocycles. The molecule has 5 rings (SSSR count). The lowest BCUT2D eigenvalue weighted by Crippen LogP contribution is -2.47. The molecule has 2 bridgehead atoms. The summed E-state index contributed by atoms with van der Waals surface area (Å²) in [5.41, 5.74) is 0.509. The van der Waals surface area contributed by atoms with E-state index in [2.05, 4.69) is 36.8 Å². The minimum atomic E-state index is -2.61. The molecule has 0 aromatic carbocycles. The number of H-pyrrole nitrogens is 1. The Labute approximate surface area is 184 Å². The molecule has 0 amide bonds. The smallest absolute Gasteiger partial charge is 0.279 e. The zero-order valence-corrected chi connectivity index (χ0v) is 17.4. The van der Waals surface area contributed by atoms with Gasteiger partial charge < -0.3 is 10.6 Å². The summed E-state index contributed by atoms with van der Waals surface area (Å²) in [6.07, 6.45) is 4.00. The summed E-state index contributed by atoms with van der Waals surface area (Å²) in [6, 6.07) is 10.4. The Morgan fingerprint density at radius 1 is 1.22 bits per heavy atom. The summed E-state index contributed by atoms with van der Waals surface area (Å²) >= 11 is 0. The number of nitrogens with zero attached hydrogens (tertiary/aromatic N) is 5. The highest BCUT2D eigenvalue weighted by Crippen LogP contribution is 2.37. The molecule has 2 fully saturated rings. The number of hydrogen-bond acceptors (Lipinski definition) is 7. The lowest BCUT2D eigenvalue weighted by Gasteiger charge is -2.39. The second-order valence-corrected chi connectivity index (χ2v) is 8.40. The number of aromatic nitrogens is 4. The van der Waals surface area contributed by atoms with Gasteiger partial charge in [-0.05, 0) is 37.8 Å². The number of aromatic amines is 1. The van der Waals surface area contributed by atoms with Crippen LogP contribution in [0.1, 0.15) is 44.2 Å². The number of rotatable bonds is 7. The van der Waals surface area contributed by atoms with Gasteiger partial charge in [-0.2, -0.15) is 10.4 Å². The molecule has 166 valence electrons. The van der Waals surface area contributed by atoms with Crippen LogP contribution in [0.25, 0.3) is 10.9 Å². The summed E-state index contributed by atoms with van der Waals surface area (Å²) < 4.78 is 25.7. The molecule has 2 unspecified atom stereocenters. The van der Waals surface area contributed by atoms with Gasteiger partial charge in [-0.1, -0.05) is 0 Å². The molecular formula is C22H24F2N8. The molecule has 0 aliphatic carbocycles. The van der Waals surface area contributed by atoms with E-state index in [1.165, 1.54) is 6.07 Å². The summed E-state index contributed by atoms with van der Waals surface area (Å²) in [4.78, 5) is 11.7. The van der Waals surface area contributed by atoms with Crippen LogP contribution in [0.3, 0.4) is 0 Å². The number of pyridine rings is 2. The molecule has 2 saturated heterocycles.